The highest BCUT2D eigenvalue weighted by Gasteiger charge is 2.08. The van der Waals surface area contributed by atoms with Crippen molar-refractivity contribution >= 4 is 0 Å². The molecule has 1 N–H and O–H groups in total. The van der Waals surface area contributed by atoms with Crippen LogP contribution in [-0.2, 0) is 4.84 Å². The van der Waals surface area contributed by atoms with Crippen LogP contribution in [0.4, 0.5) is 0 Å². The molecule has 0 bridgehead atoms. The largest absolute Gasteiger partial charge is 0.277 e. The van der Waals surface area contributed by atoms with Crippen molar-refractivity contribution in [1.82, 2.24) is 5.48 Å². The monoisotopic (exact) mass is 143 g/mol. The second-order valence-corrected chi connectivity index (χ2v) is 3.48. The van der Waals surface area contributed by atoms with Gasteiger partial charge in [-0.05, 0) is 11.8 Å². The van der Waals surface area contributed by atoms with E-state index in [2.05, 4.69) is 32.8 Å². The molecule has 0 aromatic carbocycles. The zero-order valence-electron chi connectivity index (χ0n) is 7.11. The molecule has 0 heterocycles. The molecule has 60 valence electrons. The van der Waals surface area contributed by atoms with Crippen molar-refractivity contribution in [3.8, 4) is 0 Å². The van der Waals surface area contributed by atoms with Crippen LogP contribution in [0.1, 0.15) is 27.2 Å². The molecule has 2 heteroatoms. The van der Waals surface area contributed by atoms with Crippen molar-refractivity contribution < 1.29 is 4.84 Å². The molecule has 0 atom stereocenters. The molecule has 0 aliphatic carbocycles. The van der Waals surface area contributed by atoms with Crippen LogP contribution in [0.5, 0.6) is 0 Å². The molecule has 0 radical (unpaired) electrons. The normalized spacial score (nSPS) is 11.1. The van der Waals surface area contributed by atoms with Gasteiger partial charge in [0.05, 0.1) is 6.61 Å². The Bertz CT molecular complexity index is 93.9. The van der Waals surface area contributed by atoms with Crippen LogP contribution >= 0.6 is 0 Å². The van der Waals surface area contributed by atoms with E-state index >= 15 is 0 Å². The second kappa shape index (κ2) is 4.34. The minimum Gasteiger partial charge on any atom is -0.277 e. The van der Waals surface area contributed by atoms with Crippen LogP contribution in [-0.4, -0.2) is 6.61 Å². The fraction of sp³-hybridized carbons (Fsp3) is 0.750. The number of hydroxylamine groups is 1. The van der Waals surface area contributed by atoms with Gasteiger partial charge >= 0.3 is 0 Å². The van der Waals surface area contributed by atoms with Gasteiger partial charge < -0.3 is 0 Å². The quantitative estimate of drug-likeness (QED) is 0.480. The molecule has 0 fully saturated rings. The van der Waals surface area contributed by atoms with Gasteiger partial charge in [-0.2, -0.15) is 0 Å². The lowest BCUT2D eigenvalue weighted by atomic mass is 9.93. The summed E-state index contributed by atoms with van der Waals surface area (Å²) in [6.45, 7) is 10.7. The minimum absolute atomic E-state index is 0.350. The predicted octanol–water partition coefficient (Wildman–Crippen LogP) is 2.09. The maximum Gasteiger partial charge on any atom is 0.0750 e. The van der Waals surface area contributed by atoms with Crippen molar-refractivity contribution in [3.63, 3.8) is 0 Å². The third-order valence-electron chi connectivity index (χ3n) is 1.12. The van der Waals surface area contributed by atoms with Gasteiger partial charge in [0.1, 0.15) is 0 Å². The standard InChI is InChI=1S/C8H17NO/c1-5-9-10-7-6-8(2,3)4/h5,9H,1,6-7H2,2-4H3. The molecule has 0 aliphatic heterocycles. The van der Waals surface area contributed by atoms with Crippen molar-refractivity contribution in [3.05, 3.63) is 12.8 Å². The van der Waals surface area contributed by atoms with E-state index in [1.165, 1.54) is 6.20 Å². The molecular weight excluding hydrogens is 126 g/mol. The molecule has 0 saturated heterocycles. The smallest absolute Gasteiger partial charge is 0.0750 e. The fourth-order valence-corrected chi connectivity index (χ4v) is 0.475. The minimum atomic E-state index is 0.350. The van der Waals surface area contributed by atoms with E-state index in [0.29, 0.717) is 5.41 Å². The summed E-state index contributed by atoms with van der Waals surface area (Å²) in [6.07, 6.45) is 2.58. The topological polar surface area (TPSA) is 21.3 Å². The summed E-state index contributed by atoms with van der Waals surface area (Å²) in [5, 5.41) is 0. The molecule has 0 saturated carbocycles. The maximum atomic E-state index is 4.99. The van der Waals surface area contributed by atoms with Gasteiger partial charge in [-0.1, -0.05) is 27.4 Å². The Morgan fingerprint density at radius 2 is 2.10 bits per heavy atom. The van der Waals surface area contributed by atoms with Crippen molar-refractivity contribution in [2.24, 2.45) is 5.41 Å². The van der Waals surface area contributed by atoms with E-state index in [1.54, 1.807) is 0 Å². The van der Waals surface area contributed by atoms with Crippen LogP contribution in [0.25, 0.3) is 0 Å². The van der Waals surface area contributed by atoms with Crippen molar-refractivity contribution in [2.75, 3.05) is 6.61 Å². The van der Waals surface area contributed by atoms with E-state index in [1.807, 2.05) is 0 Å². The summed E-state index contributed by atoms with van der Waals surface area (Å²) >= 11 is 0. The summed E-state index contributed by atoms with van der Waals surface area (Å²) < 4.78 is 0. The SMILES string of the molecule is C=CNOCCC(C)(C)C. The van der Waals surface area contributed by atoms with E-state index in [4.69, 9.17) is 4.84 Å². The van der Waals surface area contributed by atoms with Crippen molar-refractivity contribution in [2.45, 2.75) is 27.2 Å². The molecule has 0 rings (SSSR count). The first-order valence-corrected chi connectivity index (χ1v) is 3.54. The Kier molecular flexibility index (Phi) is 4.12. The van der Waals surface area contributed by atoms with E-state index in [-0.39, 0.29) is 0 Å². The van der Waals surface area contributed by atoms with Gasteiger partial charge in [-0.15, -0.1) is 0 Å². The Labute approximate surface area is 63.2 Å². The van der Waals surface area contributed by atoms with Gasteiger partial charge in [-0.3, -0.25) is 10.3 Å². The molecular formula is C8H17NO. The van der Waals surface area contributed by atoms with Crippen LogP contribution in [0.15, 0.2) is 12.8 Å². The fourth-order valence-electron chi connectivity index (χ4n) is 0.475. The molecule has 10 heavy (non-hydrogen) atoms. The average Bonchev–Trinajstić information content (AvgIpc) is 1.78. The van der Waals surface area contributed by atoms with E-state index in [9.17, 15) is 0 Å². The van der Waals surface area contributed by atoms with Gasteiger partial charge in [-0.25, -0.2) is 0 Å². The zero-order chi connectivity index (χ0) is 8.04. The highest BCUT2D eigenvalue weighted by molar-refractivity contribution is 4.60. The summed E-state index contributed by atoms with van der Waals surface area (Å²) in [6, 6.07) is 0. The lowest BCUT2D eigenvalue weighted by molar-refractivity contribution is 0.0530. The molecule has 0 aliphatic rings. The summed E-state index contributed by atoms with van der Waals surface area (Å²) in [4.78, 5) is 4.99. The Balaban J connectivity index is 3.12. The summed E-state index contributed by atoms with van der Waals surface area (Å²) in [7, 11) is 0. The highest BCUT2D eigenvalue weighted by Crippen LogP contribution is 2.17. The number of hydrogen-bond donors (Lipinski definition) is 1. The van der Waals surface area contributed by atoms with Crippen LogP contribution < -0.4 is 5.48 Å². The van der Waals surface area contributed by atoms with Gasteiger partial charge in [0, 0.05) is 6.20 Å². The van der Waals surface area contributed by atoms with Crippen LogP contribution in [0, 0.1) is 5.41 Å². The molecule has 0 unspecified atom stereocenters. The third kappa shape index (κ3) is 7.50. The van der Waals surface area contributed by atoms with Gasteiger partial charge in [0.2, 0.25) is 0 Å². The molecule has 0 aromatic heterocycles. The Morgan fingerprint density at radius 1 is 1.50 bits per heavy atom. The number of rotatable bonds is 4. The van der Waals surface area contributed by atoms with E-state index < -0.39 is 0 Å². The molecule has 0 amide bonds. The lowest BCUT2D eigenvalue weighted by Crippen LogP contribution is -2.14. The number of hydrogen-bond acceptors (Lipinski definition) is 2. The maximum absolute atomic E-state index is 4.99. The highest BCUT2D eigenvalue weighted by atomic mass is 16.6. The van der Waals surface area contributed by atoms with Crippen molar-refractivity contribution in [1.29, 1.82) is 0 Å². The van der Waals surface area contributed by atoms with E-state index in [0.717, 1.165) is 13.0 Å². The van der Waals surface area contributed by atoms with Gasteiger partial charge in [0.15, 0.2) is 0 Å². The van der Waals surface area contributed by atoms with Crippen LogP contribution in [0.2, 0.25) is 0 Å². The lowest BCUT2D eigenvalue weighted by Gasteiger charge is -2.16. The first-order chi connectivity index (χ1) is 4.56. The predicted molar refractivity (Wildman–Crippen MR) is 43.4 cm³/mol. The van der Waals surface area contributed by atoms with Crippen LogP contribution in [0.3, 0.4) is 0 Å². The second-order valence-electron chi connectivity index (χ2n) is 3.48. The molecule has 2 nitrogen and oxygen atoms in total. The average molecular weight is 143 g/mol. The third-order valence-corrected chi connectivity index (χ3v) is 1.12. The molecule has 0 aromatic rings. The molecule has 0 spiro atoms. The summed E-state index contributed by atoms with van der Waals surface area (Å²) in [5.74, 6) is 0. The zero-order valence-corrected chi connectivity index (χ0v) is 7.11. The Hall–Kier alpha value is -0.500. The first kappa shape index (κ1) is 9.50. The Morgan fingerprint density at radius 3 is 2.50 bits per heavy atom. The van der Waals surface area contributed by atoms with Gasteiger partial charge in [0.25, 0.3) is 0 Å². The number of nitrogens with one attached hydrogen (secondary N) is 1. The summed E-state index contributed by atoms with van der Waals surface area (Å²) in [5.41, 5.74) is 2.93. The first-order valence-electron chi connectivity index (χ1n) is 3.54.